The van der Waals surface area contributed by atoms with E-state index < -0.39 is 33.8 Å². The van der Waals surface area contributed by atoms with Gasteiger partial charge in [-0.1, -0.05) is 12.1 Å². The van der Waals surface area contributed by atoms with Crippen molar-refractivity contribution in [3.05, 3.63) is 59.7 Å². The van der Waals surface area contributed by atoms with Crippen LogP contribution in [0.1, 0.15) is 40.5 Å². The zero-order chi connectivity index (χ0) is 22.6. The van der Waals surface area contributed by atoms with Gasteiger partial charge in [-0.05, 0) is 56.2 Å². The molecule has 2 N–H and O–H groups in total. The van der Waals surface area contributed by atoms with Crippen LogP contribution in [0.15, 0.2) is 53.4 Å². The van der Waals surface area contributed by atoms with E-state index in [0.717, 1.165) is 4.90 Å². The van der Waals surface area contributed by atoms with E-state index >= 15 is 0 Å². The van der Waals surface area contributed by atoms with Crippen molar-refractivity contribution >= 4 is 27.8 Å². The Morgan fingerprint density at radius 3 is 2.16 bits per heavy atom. The van der Waals surface area contributed by atoms with Crippen molar-refractivity contribution in [2.45, 2.75) is 30.7 Å². The van der Waals surface area contributed by atoms with Crippen molar-refractivity contribution in [2.24, 2.45) is 0 Å². The van der Waals surface area contributed by atoms with Gasteiger partial charge in [-0.2, -0.15) is 4.72 Å². The molecule has 2 aromatic rings. The van der Waals surface area contributed by atoms with Crippen molar-refractivity contribution in [1.29, 1.82) is 0 Å². The molecule has 0 saturated carbocycles. The first-order chi connectivity index (χ1) is 14.7. The summed E-state index contributed by atoms with van der Waals surface area (Å²) in [5, 5.41) is 9.44. The van der Waals surface area contributed by atoms with Gasteiger partial charge in [0.25, 0.3) is 11.8 Å². The molecule has 0 aromatic heterocycles. The molecule has 1 atom stereocenters. The first-order valence-corrected chi connectivity index (χ1v) is 11.2. The Kier molecular flexibility index (Phi) is 6.71. The number of hydrogen-bond acceptors (Lipinski definition) is 6. The minimum absolute atomic E-state index is 0.0130. The number of nitrogens with zero attached hydrogens (tertiary/aromatic N) is 1. The SMILES string of the molecule is CCOc1ccc(S(=O)(=O)NC(CCCN2C(=O)c3ccccc3C2=O)C(=O)O)cc1. The summed E-state index contributed by atoms with van der Waals surface area (Å²) in [7, 11) is -4.08. The van der Waals surface area contributed by atoms with E-state index in [1.165, 1.54) is 24.3 Å². The Morgan fingerprint density at radius 2 is 1.65 bits per heavy atom. The molecule has 0 bridgehead atoms. The predicted octanol–water partition coefficient (Wildman–Crippen LogP) is 1.89. The zero-order valence-electron chi connectivity index (χ0n) is 16.8. The van der Waals surface area contributed by atoms with Crippen LogP contribution in [0.5, 0.6) is 5.75 Å². The minimum Gasteiger partial charge on any atom is -0.494 e. The largest absolute Gasteiger partial charge is 0.494 e. The summed E-state index contributed by atoms with van der Waals surface area (Å²) in [5.41, 5.74) is 0.608. The van der Waals surface area contributed by atoms with Gasteiger partial charge in [0.2, 0.25) is 10.0 Å². The molecule has 9 nitrogen and oxygen atoms in total. The Balaban J connectivity index is 1.62. The highest BCUT2D eigenvalue weighted by Crippen LogP contribution is 2.23. The smallest absolute Gasteiger partial charge is 0.321 e. The predicted molar refractivity (Wildman–Crippen MR) is 110 cm³/mol. The Morgan fingerprint density at radius 1 is 1.06 bits per heavy atom. The summed E-state index contributed by atoms with van der Waals surface area (Å²) in [4.78, 5) is 37.3. The van der Waals surface area contributed by atoms with Gasteiger partial charge in [-0.25, -0.2) is 8.42 Å². The summed E-state index contributed by atoms with van der Waals surface area (Å²) < 4.78 is 32.5. The lowest BCUT2D eigenvalue weighted by atomic mass is 10.1. The molecule has 164 valence electrons. The monoisotopic (exact) mass is 446 g/mol. The minimum atomic E-state index is -4.08. The number of benzene rings is 2. The maximum atomic E-state index is 12.6. The highest BCUT2D eigenvalue weighted by molar-refractivity contribution is 7.89. The van der Waals surface area contributed by atoms with Crippen molar-refractivity contribution in [3.8, 4) is 5.75 Å². The summed E-state index contributed by atoms with van der Waals surface area (Å²) >= 11 is 0. The van der Waals surface area contributed by atoms with E-state index in [1.807, 2.05) is 0 Å². The van der Waals surface area contributed by atoms with Gasteiger partial charge in [0.15, 0.2) is 0 Å². The second kappa shape index (κ2) is 9.27. The molecule has 2 amide bonds. The van der Waals surface area contributed by atoms with Crippen LogP contribution in [-0.4, -0.2) is 55.4 Å². The number of imide groups is 1. The number of aliphatic carboxylic acids is 1. The fourth-order valence-electron chi connectivity index (χ4n) is 3.27. The lowest BCUT2D eigenvalue weighted by Crippen LogP contribution is -2.41. The van der Waals surface area contributed by atoms with Crippen molar-refractivity contribution in [3.63, 3.8) is 0 Å². The number of fused-ring (bicyclic) bond motifs is 1. The van der Waals surface area contributed by atoms with Crippen LogP contribution < -0.4 is 9.46 Å². The lowest BCUT2D eigenvalue weighted by molar-refractivity contribution is -0.139. The maximum Gasteiger partial charge on any atom is 0.321 e. The molecule has 1 aliphatic rings. The quantitative estimate of drug-likeness (QED) is 0.533. The van der Waals surface area contributed by atoms with E-state index in [9.17, 15) is 27.9 Å². The number of carboxylic acids is 1. The first-order valence-electron chi connectivity index (χ1n) is 9.68. The van der Waals surface area contributed by atoms with Gasteiger partial charge in [0, 0.05) is 6.54 Å². The topological polar surface area (TPSA) is 130 Å². The van der Waals surface area contributed by atoms with Gasteiger partial charge < -0.3 is 9.84 Å². The molecule has 1 aliphatic heterocycles. The summed E-state index contributed by atoms with van der Waals surface area (Å²) in [6.45, 7) is 2.21. The number of amides is 2. The molecule has 31 heavy (non-hydrogen) atoms. The molecule has 0 aliphatic carbocycles. The van der Waals surface area contributed by atoms with E-state index in [2.05, 4.69) is 4.72 Å². The number of nitrogens with one attached hydrogen (secondary N) is 1. The summed E-state index contributed by atoms with van der Waals surface area (Å²) in [5.74, 6) is -1.74. The molecule has 10 heteroatoms. The molecule has 1 unspecified atom stereocenters. The molecular weight excluding hydrogens is 424 g/mol. The molecule has 0 radical (unpaired) electrons. The standard InChI is InChI=1S/C21H22N2O7S/c1-2-30-14-9-11-15(12-10-14)31(28,29)22-18(21(26)27)8-5-13-23-19(24)16-6-3-4-7-17(16)20(23)25/h3-4,6-7,9-12,18,22H,2,5,8,13H2,1H3,(H,26,27). The second-order valence-electron chi connectivity index (χ2n) is 6.87. The third kappa shape index (κ3) is 4.92. The van der Waals surface area contributed by atoms with Crippen LogP contribution in [0, 0.1) is 0 Å². The Bertz CT molecular complexity index is 1060. The molecule has 0 spiro atoms. The van der Waals surface area contributed by atoms with Crippen molar-refractivity contribution in [2.75, 3.05) is 13.2 Å². The number of hydrogen-bond donors (Lipinski definition) is 2. The lowest BCUT2D eigenvalue weighted by Gasteiger charge is -2.17. The van der Waals surface area contributed by atoms with Crippen molar-refractivity contribution in [1.82, 2.24) is 9.62 Å². The average Bonchev–Trinajstić information content (AvgIpc) is 2.98. The van der Waals surface area contributed by atoms with Crippen LogP contribution in [0.3, 0.4) is 0 Å². The fraction of sp³-hybridized carbons (Fsp3) is 0.286. The maximum absolute atomic E-state index is 12.6. The number of carboxylic acid groups (broad SMARTS) is 1. The van der Waals surface area contributed by atoms with Gasteiger partial charge in [-0.15, -0.1) is 0 Å². The first kappa shape index (κ1) is 22.4. The number of rotatable bonds is 10. The molecule has 2 aromatic carbocycles. The van der Waals surface area contributed by atoms with E-state index in [1.54, 1.807) is 31.2 Å². The van der Waals surface area contributed by atoms with Crippen LogP contribution in [-0.2, 0) is 14.8 Å². The van der Waals surface area contributed by atoms with E-state index in [0.29, 0.717) is 23.5 Å². The van der Waals surface area contributed by atoms with Gasteiger partial charge in [0.1, 0.15) is 11.8 Å². The number of carbonyl (C=O) groups excluding carboxylic acids is 2. The molecule has 0 saturated heterocycles. The average molecular weight is 446 g/mol. The molecule has 0 fully saturated rings. The fourth-order valence-corrected chi connectivity index (χ4v) is 4.49. The summed E-state index contributed by atoms with van der Waals surface area (Å²) in [6.07, 6.45) is 0.0211. The highest BCUT2D eigenvalue weighted by atomic mass is 32.2. The van der Waals surface area contributed by atoms with Gasteiger partial charge in [-0.3, -0.25) is 19.3 Å². The Labute approximate surface area is 179 Å². The molecular formula is C21H22N2O7S. The van der Waals surface area contributed by atoms with E-state index in [4.69, 9.17) is 4.74 Å². The van der Waals surface area contributed by atoms with Gasteiger partial charge in [0.05, 0.1) is 22.6 Å². The van der Waals surface area contributed by atoms with Gasteiger partial charge >= 0.3 is 5.97 Å². The third-order valence-corrected chi connectivity index (χ3v) is 6.28. The van der Waals surface area contributed by atoms with E-state index in [-0.39, 0.29) is 24.3 Å². The van der Waals surface area contributed by atoms with Crippen molar-refractivity contribution < 1.29 is 32.6 Å². The molecule has 1 heterocycles. The third-order valence-electron chi connectivity index (χ3n) is 4.79. The molecule has 3 rings (SSSR count). The Hall–Kier alpha value is -3.24. The number of carbonyl (C=O) groups is 3. The second-order valence-corrected chi connectivity index (χ2v) is 8.58. The van der Waals surface area contributed by atoms with Crippen LogP contribution >= 0.6 is 0 Å². The van der Waals surface area contributed by atoms with Crippen LogP contribution in [0.25, 0.3) is 0 Å². The number of ether oxygens (including phenoxy) is 1. The highest BCUT2D eigenvalue weighted by Gasteiger charge is 2.35. The van der Waals surface area contributed by atoms with Crippen LogP contribution in [0.4, 0.5) is 0 Å². The summed E-state index contributed by atoms with van der Waals surface area (Å²) in [6, 6.07) is 10.6. The van der Waals surface area contributed by atoms with Crippen LogP contribution in [0.2, 0.25) is 0 Å². The number of sulfonamides is 1. The normalized spacial score (nSPS) is 14.4. The zero-order valence-corrected chi connectivity index (χ0v) is 17.6.